The zero-order chi connectivity index (χ0) is 15.9. The minimum atomic E-state index is -0.211. The monoisotopic (exact) mass is 312 g/mol. The molecule has 0 amide bonds. The van der Waals surface area contributed by atoms with Gasteiger partial charge in [-0.1, -0.05) is 60.7 Å². The minimum absolute atomic E-state index is 0.211. The molecular formula is C20H25FN2. The molecule has 1 saturated heterocycles. The third-order valence-corrected chi connectivity index (χ3v) is 4.61. The molecule has 3 rings (SSSR count). The summed E-state index contributed by atoms with van der Waals surface area (Å²) >= 11 is 0. The maximum absolute atomic E-state index is 12.4. The van der Waals surface area contributed by atoms with Crippen LogP contribution in [0.2, 0.25) is 0 Å². The largest absolute Gasteiger partial charge is 0.301 e. The Balaban J connectivity index is 1.75. The maximum atomic E-state index is 12.4. The van der Waals surface area contributed by atoms with E-state index in [4.69, 9.17) is 0 Å². The highest BCUT2D eigenvalue weighted by atomic mass is 19.1. The fourth-order valence-corrected chi connectivity index (χ4v) is 3.41. The molecule has 0 unspecified atom stereocenters. The summed E-state index contributed by atoms with van der Waals surface area (Å²) < 4.78 is 12.4. The van der Waals surface area contributed by atoms with Crippen molar-refractivity contribution in [2.45, 2.75) is 12.5 Å². The van der Waals surface area contributed by atoms with Gasteiger partial charge in [0.1, 0.15) is 0 Å². The fourth-order valence-electron chi connectivity index (χ4n) is 3.41. The summed E-state index contributed by atoms with van der Waals surface area (Å²) in [4.78, 5) is 4.93. The van der Waals surface area contributed by atoms with E-state index < -0.39 is 0 Å². The lowest BCUT2D eigenvalue weighted by Crippen LogP contribution is -2.48. The Morgan fingerprint density at radius 2 is 1.30 bits per heavy atom. The van der Waals surface area contributed by atoms with Gasteiger partial charge in [0.25, 0.3) is 0 Å². The van der Waals surface area contributed by atoms with Crippen molar-refractivity contribution in [3.8, 4) is 0 Å². The molecule has 0 bridgehead atoms. The maximum Gasteiger partial charge on any atom is 0.0906 e. The van der Waals surface area contributed by atoms with Crippen LogP contribution in [-0.4, -0.2) is 49.2 Å². The first-order chi connectivity index (χ1) is 11.4. The molecule has 0 saturated carbocycles. The average molecular weight is 312 g/mol. The van der Waals surface area contributed by atoms with E-state index in [1.165, 1.54) is 11.1 Å². The highest BCUT2D eigenvalue weighted by Crippen LogP contribution is 2.29. The van der Waals surface area contributed by atoms with Crippen LogP contribution in [0.4, 0.5) is 4.39 Å². The Kier molecular flexibility index (Phi) is 5.78. The van der Waals surface area contributed by atoms with Crippen LogP contribution in [0.25, 0.3) is 0 Å². The van der Waals surface area contributed by atoms with Gasteiger partial charge in [-0.15, -0.1) is 0 Å². The van der Waals surface area contributed by atoms with Crippen LogP contribution < -0.4 is 0 Å². The number of hydrogen-bond donors (Lipinski definition) is 0. The Hall–Kier alpha value is -1.71. The van der Waals surface area contributed by atoms with E-state index in [-0.39, 0.29) is 6.67 Å². The van der Waals surface area contributed by atoms with E-state index in [1.807, 2.05) is 0 Å². The minimum Gasteiger partial charge on any atom is -0.301 e. The van der Waals surface area contributed by atoms with Crippen LogP contribution in [0, 0.1) is 0 Å². The fraction of sp³-hybridized carbons (Fsp3) is 0.400. The molecule has 3 heteroatoms. The molecule has 122 valence electrons. The quantitative estimate of drug-likeness (QED) is 0.801. The first-order valence-electron chi connectivity index (χ1n) is 8.51. The van der Waals surface area contributed by atoms with Crippen molar-refractivity contribution >= 4 is 0 Å². The summed E-state index contributed by atoms with van der Waals surface area (Å²) in [5.41, 5.74) is 2.69. The molecule has 1 aliphatic heterocycles. The van der Waals surface area contributed by atoms with E-state index in [9.17, 15) is 4.39 Å². The summed E-state index contributed by atoms with van der Waals surface area (Å²) in [5, 5.41) is 0. The molecule has 2 aromatic carbocycles. The van der Waals surface area contributed by atoms with Crippen molar-refractivity contribution in [1.82, 2.24) is 9.80 Å². The Morgan fingerprint density at radius 1 is 0.783 bits per heavy atom. The molecular weight excluding hydrogens is 287 g/mol. The second-order valence-electron chi connectivity index (χ2n) is 6.14. The number of rotatable bonds is 6. The smallest absolute Gasteiger partial charge is 0.0906 e. The van der Waals surface area contributed by atoms with Gasteiger partial charge in [0, 0.05) is 32.7 Å². The van der Waals surface area contributed by atoms with E-state index in [0.717, 1.165) is 32.7 Å². The zero-order valence-electron chi connectivity index (χ0n) is 13.6. The summed E-state index contributed by atoms with van der Waals surface area (Å²) in [6.07, 6.45) is 0.654. The Morgan fingerprint density at radius 3 is 1.78 bits per heavy atom. The molecule has 0 N–H and O–H groups in total. The van der Waals surface area contributed by atoms with Gasteiger partial charge in [-0.05, 0) is 17.5 Å². The van der Waals surface area contributed by atoms with Crippen molar-refractivity contribution in [2.75, 3.05) is 39.4 Å². The first kappa shape index (κ1) is 16.2. The summed E-state index contributed by atoms with van der Waals surface area (Å²) in [5.74, 6) is 0. The van der Waals surface area contributed by atoms with Gasteiger partial charge >= 0.3 is 0 Å². The highest BCUT2D eigenvalue weighted by Gasteiger charge is 2.25. The van der Waals surface area contributed by atoms with E-state index in [0.29, 0.717) is 12.5 Å². The normalized spacial score (nSPS) is 16.8. The lowest BCUT2D eigenvalue weighted by molar-refractivity contribution is 0.107. The molecule has 0 spiro atoms. The molecule has 0 aliphatic carbocycles. The van der Waals surface area contributed by atoms with E-state index in [2.05, 4.69) is 70.5 Å². The van der Waals surface area contributed by atoms with Crippen LogP contribution in [0.1, 0.15) is 23.6 Å². The van der Waals surface area contributed by atoms with Gasteiger partial charge in [-0.25, -0.2) is 0 Å². The molecule has 0 aromatic heterocycles. The number of alkyl halides is 1. The summed E-state index contributed by atoms with van der Waals surface area (Å²) in [6, 6.07) is 21.8. The van der Waals surface area contributed by atoms with Crippen molar-refractivity contribution < 1.29 is 4.39 Å². The van der Waals surface area contributed by atoms with Gasteiger partial charge in [0.05, 0.1) is 12.7 Å². The van der Waals surface area contributed by atoms with Crippen molar-refractivity contribution in [2.24, 2.45) is 0 Å². The van der Waals surface area contributed by atoms with Crippen LogP contribution >= 0.6 is 0 Å². The van der Waals surface area contributed by atoms with Gasteiger partial charge < -0.3 is 4.90 Å². The number of nitrogens with zero attached hydrogens (tertiary/aromatic N) is 2. The standard InChI is InChI=1S/C20H25FN2/c21-12-7-13-22-14-16-23(17-15-22)20(18-8-3-1-4-9-18)19-10-5-2-6-11-19/h1-6,8-11,20H,7,12-17H2. The molecule has 2 aromatic rings. The van der Waals surface area contributed by atoms with Crippen LogP contribution in [0.15, 0.2) is 60.7 Å². The van der Waals surface area contributed by atoms with Crippen molar-refractivity contribution in [3.63, 3.8) is 0 Å². The number of piperazine rings is 1. The van der Waals surface area contributed by atoms with Gasteiger partial charge in [-0.2, -0.15) is 0 Å². The number of hydrogen-bond acceptors (Lipinski definition) is 2. The summed E-state index contributed by atoms with van der Waals surface area (Å²) in [6.45, 7) is 4.77. The van der Waals surface area contributed by atoms with Gasteiger partial charge in [0.15, 0.2) is 0 Å². The average Bonchev–Trinajstić information content (AvgIpc) is 2.63. The molecule has 1 fully saturated rings. The topological polar surface area (TPSA) is 6.48 Å². The number of halogens is 1. The Labute approximate surface area is 138 Å². The predicted octanol–water partition coefficient (Wildman–Crippen LogP) is 3.75. The Bertz CT molecular complexity index is 525. The van der Waals surface area contributed by atoms with E-state index >= 15 is 0 Å². The molecule has 23 heavy (non-hydrogen) atoms. The van der Waals surface area contributed by atoms with Crippen LogP contribution in [0.3, 0.4) is 0 Å². The lowest BCUT2D eigenvalue weighted by atomic mass is 9.96. The predicted molar refractivity (Wildman–Crippen MR) is 93.3 cm³/mol. The van der Waals surface area contributed by atoms with Crippen molar-refractivity contribution in [3.05, 3.63) is 71.8 Å². The van der Waals surface area contributed by atoms with Crippen LogP contribution in [-0.2, 0) is 0 Å². The third kappa shape index (κ3) is 4.18. The molecule has 2 nitrogen and oxygen atoms in total. The molecule has 1 aliphatic rings. The van der Waals surface area contributed by atoms with Crippen LogP contribution in [0.5, 0.6) is 0 Å². The molecule has 0 radical (unpaired) electrons. The molecule has 1 heterocycles. The van der Waals surface area contributed by atoms with Gasteiger partial charge in [0.2, 0.25) is 0 Å². The highest BCUT2D eigenvalue weighted by molar-refractivity contribution is 5.31. The second-order valence-corrected chi connectivity index (χ2v) is 6.14. The molecule has 0 atom stereocenters. The SMILES string of the molecule is FCCCN1CCN(C(c2ccccc2)c2ccccc2)CC1. The van der Waals surface area contributed by atoms with Gasteiger partial charge in [-0.3, -0.25) is 9.29 Å². The number of benzene rings is 2. The van der Waals surface area contributed by atoms with E-state index in [1.54, 1.807) is 0 Å². The first-order valence-corrected chi connectivity index (χ1v) is 8.51. The summed E-state index contributed by atoms with van der Waals surface area (Å²) in [7, 11) is 0. The zero-order valence-corrected chi connectivity index (χ0v) is 13.6. The second kappa shape index (κ2) is 8.23. The van der Waals surface area contributed by atoms with Crippen molar-refractivity contribution in [1.29, 1.82) is 0 Å². The third-order valence-electron chi connectivity index (χ3n) is 4.61. The lowest BCUT2D eigenvalue weighted by Gasteiger charge is -2.39.